The van der Waals surface area contributed by atoms with Crippen LogP contribution < -0.4 is 5.32 Å². The number of aryl methyl sites for hydroxylation is 3. The molecule has 0 unspecified atom stereocenters. The number of fused-ring (bicyclic) bond motifs is 4. The van der Waals surface area contributed by atoms with Crippen molar-refractivity contribution in [1.29, 1.82) is 0 Å². The average molecular weight is 483 g/mol. The van der Waals surface area contributed by atoms with Gasteiger partial charge in [-0.15, -0.1) is 5.10 Å². The summed E-state index contributed by atoms with van der Waals surface area (Å²) in [6.07, 6.45) is 3.57. The van der Waals surface area contributed by atoms with Crippen LogP contribution in [0.3, 0.4) is 0 Å². The molecule has 174 valence electrons. The van der Waals surface area contributed by atoms with Gasteiger partial charge in [0.25, 0.3) is 0 Å². The minimum Gasteiger partial charge on any atom is -0.361 e. The topological polar surface area (TPSA) is 117 Å². The molecule has 1 amide bonds. The normalized spacial score (nSPS) is 11.6. The van der Waals surface area contributed by atoms with Gasteiger partial charge in [0.2, 0.25) is 5.91 Å². The van der Waals surface area contributed by atoms with E-state index in [1.165, 1.54) is 22.7 Å². The first kappa shape index (κ1) is 21.4. The second kappa shape index (κ2) is 8.88. The Bertz CT molecular complexity index is 1680. The maximum absolute atomic E-state index is 12.5. The first-order chi connectivity index (χ1) is 17.1. The standard InChI is InChI=1S/C25H22N8OS/c1-15-12-22(31-30-15)28-23(34)14-35-25-27-20-9-5-3-7-18(20)24-29-21(32-33(24)25)11-10-16-13-26-19-8-4-2-6-17(16)19/h2-9,12-13,26H,10-11,14H2,1H3,(H2,28,30,31,34). The Morgan fingerprint density at radius 3 is 2.74 bits per heavy atom. The molecular formula is C25H22N8OS. The lowest BCUT2D eigenvalue weighted by Gasteiger charge is -2.06. The number of hydrogen-bond donors (Lipinski definition) is 3. The van der Waals surface area contributed by atoms with E-state index in [2.05, 4.69) is 38.8 Å². The molecule has 0 saturated heterocycles. The molecule has 6 aromatic rings. The summed E-state index contributed by atoms with van der Waals surface area (Å²) in [5.41, 5.74) is 4.82. The minimum absolute atomic E-state index is 0.163. The van der Waals surface area contributed by atoms with Crippen LogP contribution in [0.15, 0.2) is 66.0 Å². The van der Waals surface area contributed by atoms with Crippen LogP contribution in [-0.2, 0) is 17.6 Å². The van der Waals surface area contributed by atoms with Gasteiger partial charge in [0.1, 0.15) is 0 Å². The van der Waals surface area contributed by atoms with E-state index in [0.29, 0.717) is 17.4 Å². The number of nitrogens with zero attached hydrogens (tertiary/aromatic N) is 5. The van der Waals surface area contributed by atoms with Gasteiger partial charge in [-0.1, -0.05) is 42.1 Å². The number of carbonyl (C=O) groups is 1. The highest BCUT2D eigenvalue weighted by atomic mass is 32.2. The third-order valence-electron chi connectivity index (χ3n) is 5.79. The summed E-state index contributed by atoms with van der Waals surface area (Å²) in [6, 6.07) is 17.9. The zero-order chi connectivity index (χ0) is 23.8. The number of anilines is 1. The molecule has 0 aliphatic rings. The van der Waals surface area contributed by atoms with Gasteiger partial charge in [0.05, 0.1) is 11.3 Å². The SMILES string of the molecule is Cc1cc(NC(=O)CSc2nc3ccccc3c3nc(CCc4c[nH]c5ccccc45)nn23)n[nH]1. The van der Waals surface area contributed by atoms with E-state index in [1.807, 2.05) is 43.3 Å². The van der Waals surface area contributed by atoms with Gasteiger partial charge in [-0.05, 0) is 37.1 Å². The fourth-order valence-corrected chi connectivity index (χ4v) is 4.89. The minimum atomic E-state index is -0.163. The van der Waals surface area contributed by atoms with Gasteiger partial charge in [-0.2, -0.15) is 9.61 Å². The molecule has 4 heterocycles. The molecule has 9 nitrogen and oxygen atoms in total. The fourth-order valence-electron chi connectivity index (χ4n) is 4.15. The highest BCUT2D eigenvalue weighted by Crippen LogP contribution is 2.25. The van der Waals surface area contributed by atoms with Crippen LogP contribution in [0.25, 0.3) is 27.5 Å². The summed E-state index contributed by atoms with van der Waals surface area (Å²) in [6.45, 7) is 1.88. The highest BCUT2D eigenvalue weighted by molar-refractivity contribution is 7.99. The van der Waals surface area contributed by atoms with E-state index >= 15 is 0 Å². The summed E-state index contributed by atoms with van der Waals surface area (Å²) < 4.78 is 1.75. The van der Waals surface area contributed by atoms with Crippen molar-refractivity contribution in [3.8, 4) is 0 Å². The number of para-hydroxylation sites is 2. The summed E-state index contributed by atoms with van der Waals surface area (Å²) in [4.78, 5) is 25.4. The molecule has 0 saturated carbocycles. The number of aromatic amines is 2. The van der Waals surface area contributed by atoms with Crippen LogP contribution in [0.1, 0.15) is 17.1 Å². The molecule has 0 fully saturated rings. The third kappa shape index (κ3) is 4.24. The van der Waals surface area contributed by atoms with Crippen LogP contribution in [0, 0.1) is 6.92 Å². The summed E-state index contributed by atoms with van der Waals surface area (Å²) in [5.74, 6) is 1.26. The Morgan fingerprint density at radius 1 is 1.06 bits per heavy atom. The number of carbonyl (C=O) groups excluding carboxylic acids is 1. The highest BCUT2D eigenvalue weighted by Gasteiger charge is 2.16. The number of rotatable bonds is 7. The zero-order valence-electron chi connectivity index (χ0n) is 18.9. The van der Waals surface area contributed by atoms with Crippen LogP contribution in [0.5, 0.6) is 0 Å². The lowest BCUT2D eigenvalue weighted by atomic mass is 10.1. The second-order valence-corrected chi connectivity index (χ2v) is 9.25. The number of benzene rings is 2. The summed E-state index contributed by atoms with van der Waals surface area (Å²) in [5, 5.41) is 17.2. The van der Waals surface area contributed by atoms with E-state index in [0.717, 1.165) is 40.0 Å². The van der Waals surface area contributed by atoms with Gasteiger partial charge < -0.3 is 10.3 Å². The molecular weight excluding hydrogens is 460 g/mol. The maximum atomic E-state index is 12.5. The Morgan fingerprint density at radius 2 is 1.89 bits per heavy atom. The first-order valence-electron chi connectivity index (χ1n) is 11.3. The molecule has 6 rings (SSSR count). The number of nitrogens with one attached hydrogen (secondary N) is 3. The molecule has 0 bridgehead atoms. The Kier molecular flexibility index (Phi) is 5.42. The third-order valence-corrected chi connectivity index (χ3v) is 6.72. The van der Waals surface area contributed by atoms with Crippen molar-refractivity contribution in [3.63, 3.8) is 0 Å². The van der Waals surface area contributed by atoms with Crippen molar-refractivity contribution in [2.75, 3.05) is 11.1 Å². The number of hydrogen-bond acceptors (Lipinski definition) is 6. The summed E-state index contributed by atoms with van der Waals surface area (Å²) >= 11 is 1.32. The smallest absolute Gasteiger partial charge is 0.236 e. The predicted molar refractivity (Wildman–Crippen MR) is 137 cm³/mol. The van der Waals surface area contributed by atoms with Gasteiger partial charge in [-0.25, -0.2) is 9.97 Å². The molecule has 2 aromatic carbocycles. The maximum Gasteiger partial charge on any atom is 0.236 e. The van der Waals surface area contributed by atoms with E-state index in [1.54, 1.807) is 10.6 Å². The van der Waals surface area contributed by atoms with Crippen molar-refractivity contribution in [2.45, 2.75) is 24.9 Å². The Hall–Kier alpha value is -4.18. The summed E-state index contributed by atoms with van der Waals surface area (Å²) in [7, 11) is 0. The van der Waals surface area contributed by atoms with Gasteiger partial charge in [-0.3, -0.25) is 9.89 Å². The van der Waals surface area contributed by atoms with Crippen molar-refractivity contribution < 1.29 is 4.79 Å². The molecule has 0 spiro atoms. The van der Waals surface area contributed by atoms with Crippen molar-refractivity contribution in [2.24, 2.45) is 0 Å². The predicted octanol–water partition coefficient (Wildman–Crippen LogP) is 4.31. The monoisotopic (exact) mass is 482 g/mol. The lowest BCUT2D eigenvalue weighted by molar-refractivity contribution is -0.113. The Balaban J connectivity index is 1.27. The molecule has 0 aliphatic carbocycles. The van der Waals surface area contributed by atoms with Gasteiger partial charge >= 0.3 is 0 Å². The van der Waals surface area contributed by atoms with Crippen molar-refractivity contribution in [3.05, 3.63) is 77.9 Å². The molecule has 0 radical (unpaired) electrons. The quantitative estimate of drug-likeness (QED) is 0.231. The van der Waals surface area contributed by atoms with Crippen LogP contribution >= 0.6 is 11.8 Å². The van der Waals surface area contributed by atoms with Crippen LogP contribution in [0.2, 0.25) is 0 Å². The lowest BCUT2D eigenvalue weighted by Crippen LogP contribution is -2.15. The van der Waals surface area contributed by atoms with Crippen LogP contribution in [-0.4, -0.2) is 46.4 Å². The first-order valence-corrected chi connectivity index (χ1v) is 12.3. The largest absolute Gasteiger partial charge is 0.361 e. The molecule has 35 heavy (non-hydrogen) atoms. The molecule has 3 N–H and O–H groups in total. The van der Waals surface area contributed by atoms with Gasteiger partial charge in [0, 0.05) is 40.7 Å². The van der Waals surface area contributed by atoms with E-state index in [-0.39, 0.29) is 11.7 Å². The van der Waals surface area contributed by atoms with Crippen LogP contribution in [0.4, 0.5) is 5.82 Å². The van der Waals surface area contributed by atoms with E-state index < -0.39 is 0 Å². The number of aromatic nitrogens is 7. The second-order valence-electron chi connectivity index (χ2n) is 8.31. The number of amides is 1. The van der Waals surface area contributed by atoms with Crippen molar-refractivity contribution in [1.82, 2.24) is 34.8 Å². The Labute approximate surface area is 204 Å². The van der Waals surface area contributed by atoms with E-state index in [9.17, 15) is 4.79 Å². The molecule has 10 heteroatoms. The molecule has 0 aliphatic heterocycles. The number of H-pyrrole nitrogens is 2. The molecule has 4 aromatic heterocycles. The average Bonchev–Trinajstić information content (AvgIpc) is 3.59. The van der Waals surface area contributed by atoms with Gasteiger partial charge in [0.15, 0.2) is 22.4 Å². The molecule has 0 atom stereocenters. The fraction of sp³-hybridized carbons (Fsp3) is 0.160. The van der Waals surface area contributed by atoms with E-state index in [4.69, 9.17) is 15.1 Å². The zero-order valence-corrected chi connectivity index (χ0v) is 19.8. The van der Waals surface area contributed by atoms with Crippen molar-refractivity contribution >= 4 is 50.9 Å². The number of thioether (sulfide) groups is 1.